The molecule has 0 N–H and O–H groups in total. The fourth-order valence-electron chi connectivity index (χ4n) is 3.35. The second kappa shape index (κ2) is 11.2. The molecule has 170 valence electrons. The van der Waals surface area contributed by atoms with Crippen LogP contribution < -0.4 is 0 Å². The molecule has 0 radical (unpaired) electrons. The zero-order chi connectivity index (χ0) is 23.1. The van der Waals surface area contributed by atoms with Crippen LogP contribution in [0, 0.1) is 0 Å². The average molecular weight is 501 g/mol. The molecule has 1 aliphatic heterocycles. The summed E-state index contributed by atoms with van der Waals surface area (Å²) in [5.74, 6) is -2.53. The molecule has 1 unspecified atom stereocenters. The normalized spacial score (nSPS) is 25.3. The van der Waals surface area contributed by atoms with Crippen LogP contribution >= 0.6 is 15.9 Å². The van der Waals surface area contributed by atoms with Gasteiger partial charge in [-0.15, -0.1) is 0 Å². The van der Waals surface area contributed by atoms with Gasteiger partial charge in [-0.1, -0.05) is 40.2 Å². The third-order valence-corrected chi connectivity index (χ3v) is 5.07. The smallest absolute Gasteiger partial charge is 0.303 e. The van der Waals surface area contributed by atoms with Crippen LogP contribution in [0.3, 0.4) is 0 Å². The molecule has 1 fully saturated rings. The minimum absolute atomic E-state index is 0.257. The van der Waals surface area contributed by atoms with E-state index in [-0.39, 0.29) is 6.61 Å². The van der Waals surface area contributed by atoms with Crippen molar-refractivity contribution in [3.05, 3.63) is 35.4 Å². The first-order valence-electron chi connectivity index (χ1n) is 9.57. The molecular weight excluding hydrogens is 476 g/mol. The van der Waals surface area contributed by atoms with Crippen molar-refractivity contribution in [3.63, 3.8) is 0 Å². The molecule has 0 spiro atoms. The van der Waals surface area contributed by atoms with Gasteiger partial charge in [0, 0.05) is 33.0 Å². The topological polar surface area (TPSA) is 114 Å². The standard InChI is InChI=1S/C21H25BrO9/c1-11(23)27-10-17-19(28-12(2)24)21(30-14(4)26)20(29-13(3)25)18(31-17)16-7-5-6-15(8-16)9-22/h5-8,17-21H,9-10H2,1-4H3/t17-,18?,19-,20+,21+/m1/s1. The van der Waals surface area contributed by atoms with E-state index in [4.69, 9.17) is 23.7 Å². The summed E-state index contributed by atoms with van der Waals surface area (Å²) in [6.07, 6.45) is -5.30. The van der Waals surface area contributed by atoms with Crippen LogP contribution in [0.15, 0.2) is 24.3 Å². The van der Waals surface area contributed by atoms with Crippen LogP contribution in [-0.2, 0) is 48.2 Å². The lowest BCUT2D eigenvalue weighted by Gasteiger charge is -2.44. The predicted molar refractivity (Wildman–Crippen MR) is 110 cm³/mol. The highest BCUT2D eigenvalue weighted by molar-refractivity contribution is 9.08. The first-order chi connectivity index (χ1) is 14.6. The van der Waals surface area contributed by atoms with Gasteiger partial charge in [0.25, 0.3) is 0 Å². The van der Waals surface area contributed by atoms with Gasteiger partial charge in [0.2, 0.25) is 0 Å². The Morgan fingerprint density at radius 2 is 1.45 bits per heavy atom. The van der Waals surface area contributed by atoms with Gasteiger partial charge in [-0.3, -0.25) is 19.2 Å². The number of halogens is 1. The van der Waals surface area contributed by atoms with Crippen molar-refractivity contribution in [2.45, 2.75) is 63.5 Å². The average Bonchev–Trinajstić information content (AvgIpc) is 2.68. The van der Waals surface area contributed by atoms with E-state index in [9.17, 15) is 19.2 Å². The second-order valence-corrected chi connectivity index (χ2v) is 7.56. The number of rotatable bonds is 7. The Labute approximate surface area is 188 Å². The van der Waals surface area contributed by atoms with Gasteiger partial charge in [-0.2, -0.15) is 0 Å². The Hall–Kier alpha value is -2.46. The Bertz CT molecular complexity index is 825. The predicted octanol–water partition coefficient (Wildman–Crippen LogP) is 2.38. The number of benzene rings is 1. The highest BCUT2D eigenvalue weighted by atomic mass is 79.9. The molecule has 10 heteroatoms. The Morgan fingerprint density at radius 1 is 0.871 bits per heavy atom. The number of carbonyl (C=O) groups is 4. The molecule has 5 atom stereocenters. The lowest BCUT2D eigenvalue weighted by molar-refractivity contribution is -0.254. The molecule has 1 aromatic carbocycles. The summed E-state index contributed by atoms with van der Waals surface area (Å²) in [4.78, 5) is 46.8. The highest BCUT2D eigenvalue weighted by Crippen LogP contribution is 2.38. The van der Waals surface area contributed by atoms with Crippen molar-refractivity contribution in [1.29, 1.82) is 0 Å². The molecule has 2 rings (SSSR count). The maximum Gasteiger partial charge on any atom is 0.303 e. The fourth-order valence-corrected chi connectivity index (χ4v) is 3.70. The van der Waals surface area contributed by atoms with Gasteiger partial charge in [-0.05, 0) is 11.1 Å². The largest absolute Gasteiger partial charge is 0.463 e. The minimum atomic E-state index is -1.18. The number of hydrogen-bond donors (Lipinski definition) is 0. The zero-order valence-electron chi connectivity index (χ0n) is 17.7. The van der Waals surface area contributed by atoms with E-state index in [0.29, 0.717) is 10.9 Å². The number of ether oxygens (including phenoxy) is 5. The van der Waals surface area contributed by atoms with E-state index in [1.807, 2.05) is 12.1 Å². The summed E-state index contributed by atoms with van der Waals surface area (Å²) in [6.45, 7) is 4.55. The number of alkyl halides is 1. The van der Waals surface area contributed by atoms with Gasteiger partial charge in [-0.25, -0.2) is 0 Å². The second-order valence-electron chi connectivity index (χ2n) is 7.00. The van der Waals surface area contributed by atoms with E-state index in [2.05, 4.69) is 15.9 Å². The SMILES string of the molecule is CC(=O)OC[C@H]1OC(c2cccc(CBr)c2)[C@H](OC(C)=O)[C@@H](OC(C)=O)[C@@H]1OC(C)=O. The Morgan fingerprint density at radius 3 is 2.00 bits per heavy atom. The van der Waals surface area contributed by atoms with Crippen molar-refractivity contribution in [1.82, 2.24) is 0 Å². The van der Waals surface area contributed by atoms with Crippen LogP contribution in [0.5, 0.6) is 0 Å². The molecular formula is C21H25BrO9. The van der Waals surface area contributed by atoms with Gasteiger partial charge in [0.05, 0.1) is 0 Å². The maximum absolute atomic E-state index is 11.9. The van der Waals surface area contributed by atoms with Crippen molar-refractivity contribution in [2.24, 2.45) is 0 Å². The summed E-state index contributed by atoms with van der Waals surface area (Å²) in [5, 5.41) is 0.576. The van der Waals surface area contributed by atoms with Crippen LogP contribution in [0.25, 0.3) is 0 Å². The molecule has 1 saturated heterocycles. The summed E-state index contributed by atoms with van der Waals surface area (Å²) in [7, 11) is 0. The fraction of sp³-hybridized carbons (Fsp3) is 0.524. The van der Waals surface area contributed by atoms with Crippen LogP contribution in [0.4, 0.5) is 0 Å². The Kier molecular flexibility index (Phi) is 9.00. The third kappa shape index (κ3) is 7.03. The molecule has 1 aliphatic rings. The highest BCUT2D eigenvalue weighted by Gasteiger charge is 2.52. The Balaban J connectivity index is 2.54. The first-order valence-corrected chi connectivity index (χ1v) is 10.7. The maximum atomic E-state index is 11.9. The summed E-state index contributed by atoms with van der Waals surface area (Å²) in [5.41, 5.74) is 1.58. The van der Waals surface area contributed by atoms with Crippen LogP contribution in [0.1, 0.15) is 44.9 Å². The molecule has 0 bridgehead atoms. The monoisotopic (exact) mass is 500 g/mol. The number of hydrogen-bond acceptors (Lipinski definition) is 9. The van der Waals surface area contributed by atoms with E-state index >= 15 is 0 Å². The lowest BCUT2D eigenvalue weighted by Crippen LogP contribution is -2.59. The molecule has 0 aliphatic carbocycles. The zero-order valence-corrected chi connectivity index (χ0v) is 19.2. The van der Waals surface area contributed by atoms with E-state index in [1.54, 1.807) is 12.1 Å². The molecule has 1 heterocycles. The van der Waals surface area contributed by atoms with E-state index in [1.165, 1.54) is 27.7 Å². The summed E-state index contributed by atoms with van der Waals surface area (Å²) in [6, 6.07) is 7.31. The quantitative estimate of drug-likeness (QED) is 0.316. The van der Waals surface area contributed by atoms with Crippen molar-refractivity contribution in [3.8, 4) is 0 Å². The van der Waals surface area contributed by atoms with Crippen molar-refractivity contribution < 1.29 is 42.9 Å². The number of esters is 4. The molecule has 31 heavy (non-hydrogen) atoms. The molecule has 0 aromatic heterocycles. The van der Waals surface area contributed by atoms with Crippen molar-refractivity contribution >= 4 is 39.8 Å². The van der Waals surface area contributed by atoms with Crippen LogP contribution in [0.2, 0.25) is 0 Å². The first kappa shape index (κ1) is 24.8. The third-order valence-electron chi connectivity index (χ3n) is 4.42. The van der Waals surface area contributed by atoms with E-state index < -0.39 is 54.4 Å². The van der Waals surface area contributed by atoms with Gasteiger partial charge >= 0.3 is 23.9 Å². The number of carbonyl (C=O) groups excluding carboxylic acids is 4. The van der Waals surface area contributed by atoms with Crippen molar-refractivity contribution in [2.75, 3.05) is 6.61 Å². The van der Waals surface area contributed by atoms with Gasteiger partial charge in [0.15, 0.2) is 18.3 Å². The van der Waals surface area contributed by atoms with Gasteiger partial charge < -0.3 is 23.7 Å². The minimum Gasteiger partial charge on any atom is -0.463 e. The van der Waals surface area contributed by atoms with Crippen LogP contribution in [-0.4, -0.2) is 54.9 Å². The summed E-state index contributed by atoms with van der Waals surface area (Å²) < 4.78 is 27.5. The molecule has 0 saturated carbocycles. The molecule has 1 aromatic rings. The molecule has 0 amide bonds. The van der Waals surface area contributed by atoms with E-state index in [0.717, 1.165) is 5.56 Å². The lowest BCUT2D eigenvalue weighted by atomic mass is 9.90. The summed E-state index contributed by atoms with van der Waals surface area (Å²) >= 11 is 3.39. The molecule has 9 nitrogen and oxygen atoms in total. The van der Waals surface area contributed by atoms with Gasteiger partial charge in [0.1, 0.15) is 18.8 Å².